The Balaban J connectivity index is 2.16. The normalized spacial score (nSPS) is 10.1. The zero-order chi connectivity index (χ0) is 13.1. The summed E-state index contributed by atoms with van der Waals surface area (Å²) in [6.07, 6.45) is 0. The van der Waals surface area contributed by atoms with Crippen LogP contribution in [0.25, 0.3) is 0 Å². The number of carboxylic acid groups (broad SMARTS) is 1. The minimum Gasteiger partial charge on any atom is -0.477 e. The standard InChI is InChI=1S/C13H11NO3S/c1-8-4-2-3-5-9(8)12(15)14-11-7-6-10(18-11)13(16)17/h2-7H,1H3,(H,14,15)(H,16,17). The van der Waals surface area contributed by atoms with Crippen molar-refractivity contribution in [1.82, 2.24) is 0 Å². The summed E-state index contributed by atoms with van der Waals surface area (Å²) in [4.78, 5) is 22.9. The number of aromatic carboxylic acids is 1. The van der Waals surface area contributed by atoms with Gasteiger partial charge in [0.25, 0.3) is 5.91 Å². The number of carbonyl (C=O) groups is 2. The van der Waals surface area contributed by atoms with E-state index in [1.54, 1.807) is 18.2 Å². The quantitative estimate of drug-likeness (QED) is 0.892. The third kappa shape index (κ3) is 2.57. The highest BCUT2D eigenvalue weighted by molar-refractivity contribution is 7.18. The zero-order valence-electron chi connectivity index (χ0n) is 9.64. The van der Waals surface area contributed by atoms with E-state index < -0.39 is 5.97 Å². The lowest BCUT2D eigenvalue weighted by molar-refractivity contribution is 0.0702. The third-order valence-electron chi connectivity index (χ3n) is 2.44. The molecule has 0 saturated heterocycles. The molecule has 2 rings (SSSR count). The number of hydrogen-bond acceptors (Lipinski definition) is 3. The number of anilines is 1. The maximum atomic E-state index is 12.0. The molecule has 0 fully saturated rings. The van der Waals surface area contributed by atoms with Crippen LogP contribution >= 0.6 is 11.3 Å². The maximum absolute atomic E-state index is 12.0. The number of carboxylic acids is 1. The van der Waals surface area contributed by atoms with E-state index >= 15 is 0 Å². The molecular weight excluding hydrogens is 250 g/mol. The molecule has 2 N–H and O–H groups in total. The third-order valence-corrected chi connectivity index (χ3v) is 3.43. The molecule has 92 valence electrons. The van der Waals surface area contributed by atoms with Gasteiger partial charge in [-0.25, -0.2) is 4.79 Å². The van der Waals surface area contributed by atoms with Gasteiger partial charge in [0, 0.05) is 5.56 Å². The van der Waals surface area contributed by atoms with Crippen LogP contribution in [-0.2, 0) is 0 Å². The van der Waals surface area contributed by atoms with Crippen molar-refractivity contribution in [3.05, 3.63) is 52.4 Å². The fourth-order valence-electron chi connectivity index (χ4n) is 1.53. The van der Waals surface area contributed by atoms with Crippen LogP contribution in [0.4, 0.5) is 5.00 Å². The predicted octanol–water partition coefficient (Wildman–Crippen LogP) is 3.01. The molecule has 1 amide bonds. The smallest absolute Gasteiger partial charge is 0.345 e. The van der Waals surface area contributed by atoms with E-state index in [4.69, 9.17) is 5.11 Å². The minimum atomic E-state index is -0.989. The first-order valence-electron chi connectivity index (χ1n) is 5.28. The Hall–Kier alpha value is -2.14. The molecule has 5 heteroatoms. The van der Waals surface area contributed by atoms with Crippen LogP contribution in [0.3, 0.4) is 0 Å². The van der Waals surface area contributed by atoms with Crippen LogP contribution in [0, 0.1) is 6.92 Å². The Morgan fingerprint density at radius 2 is 1.89 bits per heavy atom. The maximum Gasteiger partial charge on any atom is 0.345 e. The minimum absolute atomic E-state index is 0.204. The molecule has 4 nitrogen and oxygen atoms in total. The van der Waals surface area contributed by atoms with Crippen molar-refractivity contribution in [3.8, 4) is 0 Å². The van der Waals surface area contributed by atoms with Crippen LogP contribution in [-0.4, -0.2) is 17.0 Å². The van der Waals surface area contributed by atoms with E-state index in [1.165, 1.54) is 6.07 Å². The largest absolute Gasteiger partial charge is 0.477 e. The number of benzene rings is 1. The van der Waals surface area contributed by atoms with Crippen LogP contribution in [0.1, 0.15) is 25.6 Å². The molecule has 2 aromatic rings. The molecule has 0 unspecified atom stereocenters. The van der Waals surface area contributed by atoms with E-state index in [0.717, 1.165) is 16.9 Å². The molecule has 0 aliphatic heterocycles. The fraction of sp³-hybridized carbons (Fsp3) is 0.0769. The van der Waals surface area contributed by atoms with Crippen LogP contribution in [0.15, 0.2) is 36.4 Å². The highest BCUT2D eigenvalue weighted by atomic mass is 32.1. The first-order valence-corrected chi connectivity index (χ1v) is 6.09. The summed E-state index contributed by atoms with van der Waals surface area (Å²) in [7, 11) is 0. The topological polar surface area (TPSA) is 66.4 Å². The van der Waals surface area contributed by atoms with Gasteiger partial charge in [-0.15, -0.1) is 11.3 Å². The Morgan fingerprint density at radius 3 is 2.50 bits per heavy atom. The van der Waals surface area contributed by atoms with E-state index in [1.807, 2.05) is 19.1 Å². The van der Waals surface area contributed by atoms with Crippen molar-refractivity contribution < 1.29 is 14.7 Å². The molecule has 1 heterocycles. The molecule has 0 saturated carbocycles. The number of aryl methyl sites for hydroxylation is 1. The number of carbonyl (C=O) groups excluding carboxylic acids is 1. The Labute approximate surface area is 108 Å². The van der Waals surface area contributed by atoms with E-state index in [0.29, 0.717) is 10.6 Å². The molecule has 0 radical (unpaired) electrons. The molecule has 18 heavy (non-hydrogen) atoms. The summed E-state index contributed by atoms with van der Waals surface area (Å²) in [5.74, 6) is -1.22. The summed E-state index contributed by atoms with van der Waals surface area (Å²) in [6.45, 7) is 1.85. The average molecular weight is 261 g/mol. The number of hydrogen-bond donors (Lipinski definition) is 2. The molecule has 0 bridgehead atoms. The van der Waals surface area contributed by atoms with Gasteiger partial charge in [0.05, 0.1) is 5.00 Å². The Morgan fingerprint density at radius 1 is 1.17 bits per heavy atom. The van der Waals surface area contributed by atoms with E-state index in [9.17, 15) is 9.59 Å². The van der Waals surface area contributed by atoms with Crippen LogP contribution < -0.4 is 5.32 Å². The second-order valence-corrected chi connectivity index (χ2v) is 4.82. The fourth-order valence-corrected chi connectivity index (χ4v) is 2.27. The van der Waals surface area contributed by atoms with Gasteiger partial charge in [0.2, 0.25) is 0 Å². The van der Waals surface area contributed by atoms with Gasteiger partial charge < -0.3 is 10.4 Å². The van der Waals surface area contributed by atoms with Gasteiger partial charge in [0.1, 0.15) is 4.88 Å². The van der Waals surface area contributed by atoms with Crippen molar-refractivity contribution in [2.75, 3.05) is 5.32 Å². The highest BCUT2D eigenvalue weighted by Gasteiger charge is 2.11. The summed E-state index contributed by atoms with van der Waals surface area (Å²) >= 11 is 1.04. The Kier molecular flexibility index (Phi) is 3.43. The van der Waals surface area contributed by atoms with Gasteiger partial charge in [-0.2, -0.15) is 0 Å². The molecule has 0 spiro atoms. The first kappa shape index (κ1) is 12.3. The number of thiophene rings is 1. The van der Waals surface area contributed by atoms with Crippen LogP contribution in [0.2, 0.25) is 0 Å². The monoisotopic (exact) mass is 261 g/mol. The molecular formula is C13H11NO3S. The van der Waals surface area contributed by atoms with Crippen molar-refractivity contribution in [2.24, 2.45) is 0 Å². The summed E-state index contributed by atoms with van der Waals surface area (Å²) in [5.41, 5.74) is 1.47. The lowest BCUT2D eigenvalue weighted by Crippen LogP contribution is -2.12. The van der Waals surface area contributed by atoms with Gasteiger partial charge in [-0.1, -0.05) is 18.2 Å². The van der Waals surface area contributed by atoms with Gasteiger partial charge in [-0.05, 0) is 30.7 Å². The summed E-state index contributed by atoms with van der Waals surface area (Å²) in [6, 6.07) is 10.3. The van der Waals surface area contributed by atoms with Crippen molar-refractivity contribution in [2.45, 2.75) is 6.92 Å². The second kappa shape index (κ2) is 5.01. The van der Waals surface area contributed by atoms with Crippen molar-refractivity contribution >= 4 is 28.2 Å². The molecule has 0 aliphatic carbocycles. The summed E-state index contributed by atoms with van der Waals surface area (Å²) < 4.78 is 0. The van der Waals surface area contributed by atoms with Crippen molar-refractivity contribution in [1.29, 1.82) is 0 Å². The number of rotatable bonds is 3. The molecule has 0 aliphatic rings. The lowest BCUT2D eigenvalue weighted by atomic mass is 10.1. The molecule has 0 atom stereocenters. The first-order chi connectivity index (χ1) is 8.58. The van der Waals surface area contributed by atoms with Gasteiger partial charge in [-0.3, -0.25) is 4.79 Å². The lowest BCUT2D eigenvalue weighted by Gasteiger charge is -2.05. The Bertz CT molecular complexity index is 604. The van der Waals surface area contributed by atoms with Crippen LogP contribution in [0.5, 0.6) is 0 Å². The molecule has 1 aromatic carbocycles. The van der Waals surface area contributed by atoms with E-state index in [-0.39, 0.29) is 10.8 Å². The van der Waals surface area contributed by atoms with E-state index in [2.05, 4.69) is 5.32 Å². The highest BCUT2D eigenvalue weighted by Crippen LogP contribution is 2.22. The van der Waals surface area contributed by atoms with Crippen molar-refractivity contribution in [3.63, 3.8) is 0 Å². The average Bonchev–Trinajstić information content (AvgIpc) is 2.78. The number of amides is 1. The summed E-state index contributed by atoms with van der Waals surface area (Å²) in [5, 5.41) is 12.0. The van der Waals surface area contributed by atoms with Gasteiger partial charge in [0.15, 0.2) is 0 Å². The number of nitrogens with one attached hydrogen (secondary N) is 1. The molecule has 1 aromatic heterocycles. The second-order valence-electron chi connectivity index (χ2n) is 3.74. The SMILES string of the molecule is Cc1ccccc1C(=O)Nc1ccc(C(=O)O)s1. The predicted molar refractivity (Wildman–Crippen MR) is 70.4 cm³/mol. The van der Waals surface area contributed by atoms with Gasteiger partial charge >= 0.3 is 5.97 Å². The zero-order valence-corrected chi connectivity index (χ0v) is 10.5.